The molecule has 0 unspecified atom stereocenters. The Morgan fingerprint density at radius 2 is 1.75 bits per heavy atom. The van der Waals surface area contributed by atoms with Gasteiger partial charge >= 0.3 is 12.6 Å². The lowest BCUT2D eigenvalue weighted by Gasteiger charge is -2.10. The van der Waals surface area contributed by atoms with Crippen molar-refractivity contribution in [3.63, 3.8) is 0 Å². The SMILES string of the molecule is COc1ccc(C=C2N=C(c3ccc(OC(F)F)c(OC)c3)OC2=O)cc1C. The molecular formula is C20H17F2NO5. The van der Waals surface area contributed by atoms with E-state index in [-0.39, 0.29) is 23.1 Å². The molecule has 0 aliphatic carbocycles. The van der Waals surface area contributed by atoms with Gasteiger partial charge in [0.1, 0.15) is 5.75 Å². The minimum atomic E-state index is -2.98. The van der Waals surface area contributed by atoms with Gasteiger partial charge in [0.25, 0.3) is 0 Å². The van der Waals surface area contributed by atoms with E-state index in [1.165, 1.54) is 25.3 Å². The van der Waals surface area contributed by atoms with Crippen LogP contribution >= 0.6 is 0 Å². The maximum Gasteiger partial charge on any atom is 0.387 e. The highest BCUT2D eigenvalue weighted by molar-refractivity contribution is 6.13. The molecule has 0 atom stereocenters. The van der Waals surface area contributed by atoms with Crippen LogP contribution in [0.25, 0.3) is 6.08 Å². The molecule has 2 aromatic rings. The van der Waals surface area contributed by atoms with Gasteiger partial charge < -0.3 is 18.9 Å². The topological polar surface area (TPSA) is 66.3 Å². The summed E-state index contributed by atoms with van der Waals surface area (Å²) >= 11 is 0. The molecule has 3 rings (SSSR count). The molecule has 0 aromatic heterocycles. The second-order valence-corrected chi connectivity index (χ2v) is 5.81. The van der Waals surface area contributed by atoms with Crippen molar-refractivity contribution in [1.29, 1.82) is 0 Å². The van der Waals surface area contributed by atoms with Crippen molar-refractivity contribution >= 4 is 17.9 Å². The number of carbonyl (C=O) groups excluding carboxylic acids is 1. The van der Waals surface area contributed by atoms with E-state index in [1.54, 1.807) is 25.3 Å². The summed E-state index contributed by atoms with van der Waals surface area (Å²) in [5, 5.41) is 0. The average molecular weight is 389 g/mol. The normalized spacial score (nSPS) is 14.9. The molecule has 0 fully saturated rings. The predicted molar refractivity (Wildman–Crippen MR) is 98.0 cm³/mol. The van der Waals surface area contributed by atoms with Gasteiger partial charge in [0.05, 0.1) is 14.2 Å². The third-order valence-electron chi connectivity index (χ3n) is 3.97. The van der Waals surface area contributed by atoms with Crippen molar-refractivity contribution in [3.05, 3.63) is 58.8 Å². The molecule has 146 valence electrons. The van der Waals surface area contributed by atoms with Crippen LogP contribution in [-0.4, -0.2) is 32.7 Å². The summed E-state index contributed by atoms with van der Waals surface area (Å²) in [6.45, 7) is -1.10. The van der Waals surface area contributed by atoms with E-state index < -0.39 is 12.6 Å². The number of halogens is 2. The summed E-state index contributed by atoms with van der Waals surface area (Å²) in [5.74, 6) is 0.104. The van der Waals surface area contributed by atoms with Crippen molar-refractivity contribution in [3.8, 4) is 17.2 Å². The van der Waals surface area contributed by atoms with E-state index in [4.69, 9.17) is 14.2 Å². The first kappa shape index (κ1) is 19.3. The van der Waals surface area contributed by atoms with Crippen LogP contribution in [-0.2, 0) is 9.53 Å². The second-order valence-electron chi connectivity index (χ2n) is 5.81. The van der Waals surface area contributed by atoms with E-state index in [0.717, 1.165) is 16.9 Å². The Bertz CT molecular complexity index is 969. The number of aliphatic imine (C=N–C) groups is 1. The number of hydrogen-bond donors (Lipinski definition) is 0. The number of alkyl halides is 2. The summed E-state index contributed by atoms with van der Waals surface area (Å²) in [6.07, 6.45) is 1.59. The standard InChI is InChI=1S/C20H17F2NO5/c1-11-8-12(4-6-15(11)25-2)9-14-19(24)28-18(23-14)13-5-7-16(27-20(21)22)17(10-13)26-3/h4-10,20H,1-3H3. The lowest BCUT2D eigenvalue weighted by atomic mass is 10.1. The van der Waals surface area contributed by atoms with Gasteiger partial charge in [0.2, 0.25) is 5.90 Å². The Labute approximate surface area is 160 Å². The highest BCUT2D eigenvalue weighted by Crippen LogP contribution is 2.31. The molecular weight excluding hydrogens is 372 g/mol. The summed E-state index contributed by atoms with van der Waals surface area (Å²) in [7, 11) is 2.90. The monoisotopic (exact) mass is 389 g/mol. The lowest BCUT2D eigenvalue weighted by molar-refractivity contribution is -0.129. The maximum atomic E-state index is 12.4. The van der Waals surface area contributed by atoms with Crippen LogP contribution in [0.3, 0.4) is 0 Å². The number of aryl methyl sites for hydroxylation is 1. The number of carbonyl (C=O) groups is 1. The Hall–Kier alpha value is -3.42. The summed E-state index contributed by atoms with van der Waals surface area (Å²) in [4.78, 5) is 16.4. The highest BCUT2D eigenvalue weighted by Gasteiger charge is 2.25. The van der Waals surface area contributed by atoms with Crippen LogP contribution in [0.15, 0.2) is 47.1 Å². The Morgan fingerprint density at radius 3 is 2.39 bits per heavy atom. The molecule has 6 nitrogen and oxygen atoms in total. The van der Waals surface area contributed by atoms with Crippen LogP contribution in [0.1, 0.15) is 16.7 Å². The molecule has 0 saturated heterocycles. The smallest absolute Gasteiger partial charge is 0.387 e. The van der Waals surface area contributed by atoms with E-state index >= 15 is 0 Å². The first-order valence-corrected chi connectivity index (χ1v) is 8.21. The number of rotatable bonds is 6. The molecule has 0 N–H and O–H groups in total. The van der Waals surface area contributed by atoms with Crippen molar-refractivity contribution in [1.82, 2.24) is 0 Å². The zero-order valence-corrected chi connectivity index (χ0v) is 15.4. The quantitative estimate of drug-likeness (QED) is 0.553. The molecule has 1 aliphatic heterocycles. The van der Waals surface area contributed by atoms with Crippen LogP contribution in [0.4, 0.5) is 8.78 Å². The van der Waals surface area contributed by atoms with Gasteiger partial charge in [0, 0.05) is 5.56 Å². The summed E-state index contributed by atoms with van der Waals surface area (Å²) in [6, 6.07) is 9.59. The van der Waals surface area contributed by atoms with Crippen LogP contribution < -0.4 is 14.2 Å². The fourth-order valence-electron chi connectivity index (χ4n) is 2.68. The second kappa shape index (κ2) is 8.08. The van der Waals surface area contributed by atoms with Crippen molar-refractivity contribution in [2.24, 2.45) is 4.99 Å². The van der Waals surface area contributed by atoms with E-state index in [9.17, 15) is 13.6 Å². The largest absolute Gasteiger partial charge is 0.496 e. The van der Waals surface area contributed by atoms with Crippen molar-refractivity contribution < 1.29 is 32.5 Å². The number of benzene rings is 2. The number of nitrogens with zero attached hydrogens (tertiary/aromatic N) is 1. The molecule has 0 saturated carbocycles. The third-order valence-corrected chi connectivity index (χ3v) is 3.97. The van der Waals surface area contributed by atoms with Crippen molar-refractivity contribution in [2.45, 2.75) is 13.5 Å². The van der Waals surface area contributed by atoms with Gasteiger partial charge in [-0.15, -0.1) is 0 Å². The molecule has 28 heavy (non-hydrogen) atoms. The number of ether oxygens (including phenoxy) is 4. The van der Waals surface area contributed by atoms with Gasteiger partial charge in [-0.3, -0.25) is 0 Å². The average Bonchev–Trinajstić information content (AvgIpc) is 3.02. The third kappa shape index (κ3) is 4.11. The molecule has 0 spiro atoms. The zero-order chi connectivity index (χ0) is 20.3. The van der Waals surface area contributed by atoms with Crippen molar-refractivity contribution in [2.75, 3.05) is 14.2 Å². The number of methoxy groups -OCH3 is 2. The van der Waals surface area contributed by atoms with Gasteiger partial charge in [-0.2, -0.15) is 8.78 Å². The minimum Gasteiger partial charge on any atom is -0.496 e. The molecule has 1 heterocycles. The zero-order valence-electron chi connectivity index (χ0n) is 15.4. The first-order valence-electron chi connectivity index (χ1n) is 8.21. The molecule has 0 bridgehead atoms. The summed E-state index contributed by atoms with van der Waals surface area (Å²) < 4.78 is 44.7. The number of hydrogen-bond acceptors (Lipinski definition) is 6. The molecule has 0 radical (unpaired) electrons. The molecule has 2 aromatic carbocycles. The van der Waals surface area contributed by atoms with Crippen LogP contribution in [0, 0.1) is 6.92 Å². The predicted octanol–water partition coefficient (Wildman–Crippen LogP) is 3.96. The Morgan fingerprint density at radius 1 is 1.04 bits per heavy atom. The van der Waals surface area contributed by atoms with Gasteiger partial charge in [-0.1, -0.05) is 6.07 Å². The molecule has 1 aliphatic rings. The molecule has 0 amide bonds. The van der Waals surface area contributed by atoms with Gasteiger partial charge in [-0.05, 0) is 54.5 Å². The Balaban J connectivity index is 1.90. The van der Waals surface area contributed by atoms with E-state index in [2.05, 4.69) is 9.73 Å². The van der Waals surface area contributed by atoms with Gasteiger partial charge in [0.15, 0.2) is 17.2 Å². The summed E-state index contributed by atoms with van der Waals surface area (Å²) in [5.41, 5.74) is 2.17. The highest BCUT2D eigenvalue weighted by atomic mass is 19.3. The van der Waals surface area contributed by atoms with Gasteiger partial charge in [-0.25, -0.2) is 9.79 Å². The van der Waals surface area contributed by atoms with E-state index in [0.29, 0.717) is 5.56 Å². The first-order chi connectivity index (χ1) is 13.4. The number of cyclic esters (lactones) is 1. The molecule has 8 heteroatoms. The minimum absolute atomic E-state index is 0.0448. The van der Waals surface area contributed by atoms with E-state index in [1.807, 2.05) is 13.0 Å². The van der Waals surface area contributed by atoms with Crippen LogP contribution in [0.5, 0.6) is 17.2 Å². The van der Waals surface area contributed by atoms with Crippen LogP contribution in [0.2, 0.25) is 0 Å². The lowest BCUT2D eigenvalue weighted by Crippen LogP contribution is -2.07. The number of esters is 1. The Kier molecular flexibility index (Phi) is 5.58. The fraction of sp³-hybridized carbons (Fsp3) is 0.200. The fourth-order valence-corrected chi connectivity index (χ4v) is 2.68. The maximum absolute atomic E-state index is 12.4.